The highest BCUT2D eigenvalue weighted by Crippen LogP contribution is 2.09. The monoisotopic (exact) mass is 227 g/mol. The van der Waals surface area contributed by atoms with Crippen LogP contribution in [0.2, 0.25) is 0 Å². The number of nitrogens with one attached hydrogen (secondary N) is 1. The molecule has 1 saturated heterocycles. The third-order valence-electron chi connectivity index (χ3n) is 3.34. The van der Waals surface area contributed by atoms with Crippen molar-refractivity contribution in [3.8, 4) is 0 Å². The zero-order valence-corrected chi connectivity index (χ0v) is 11.3. The van der Waals surface area contributed by atoms with E-state index in [0.717, 1.165) is 6.04 Å². The van der Waals surface area contributed by atoms with Gasteiger partial charge < -0.3 is 15.1 Å². The predicted molar refractivity (Wildman–Crippen MR) is 70.9 cm³/mol. The van der Waals surface area contributed by atoms with E-state index in [1.807, 2.05) is 0 Å². The summed E-state index contributed by atoms with van der Waals surface area (Å²) >= 11 is 0. The van der Waals surface area contributed by atoms with Gasteiger partial charge in [0, 0.05) is 12.6 Å². The van der Waals surface area contributed by atoms with Gasteiger partial charge in [-0.15, -0.1) is 0 Å². The number of hydrogen-bond acceptors (Lipinski definition) is 3. The molecule has 0 amide bonds. The molecule has 1 N–H and O–H groups in total. The standard InChI is InChI=1S/C13H29N3/c1-15(2)10-7-11-16(3)12-13-8-5-4-6-9-14-13/h13-14H,4-12H2,1-3H3. The highest BCUT2D eigenvalue weighted by Gasteiger charge is 2.13. The summed E-state index contributed by atoms with van der Waals surface area (Å²) in [4.78, 5) is 4.74. The smallest absolute Gasteiger partial charge is 0.0194 e. The molecule has 1 rings (SSSR count). The molecule has 1 aliphatic heterocycles. The van der Waals surface area contributed by atoms with E-state index in [-0.39, 0.29) is 0 Å². The molecule has 0 aromatic heterocycles. The summed E-state index contributed by atoms with van der Waals surface area (Å²) in [6.07, 6.45) is 6.81. The first-order valence-electron chi connectivity index (χ1n) is 6.75. The van der Waals surface area contributed by atoms with Crippen molar-refractivity contribution in [2.75, 3.05) is 47.3 Å². The van der Waals surface area contributed by atoms with E-state index < -0.39 is 0 Å². The van der Waals surface area contributed by atoms with E-state index in [4.69, 9.17) is 0 Å². The SMILES string of the molecule is CN(C)CCCN(C)CC1CCCCCN1. The van der Waals surface area contributed by atoms with Crippen molar-refractivity contribution in [3.63, 3.8) is 0 Å². The fourth-order valence-corrected chi connectivity index (χ4v) is 2.38. The maximum atomic E-state index is 3.66. The first-order chi connectivity index (χ1) is 7.68. The van der Waals surface area contributed by atoms with Gasteiger partial charge in [-0.05, 0) is 60.0 Å². The van der Waals surface area contributed by atoms with Crippen molar-refractivity contribution in [1.29, 1.82) is 0 Å². The van der Waals surface area contributed by atoms with Crippen LogP contribution in [0.15, 0.2) is 0 Å². The summed E-state index contributed by atoms with van der Waals surface area (Å²) in [5, 5.41) is 3.66. The zero-order valence-electron chi connectivity index (χ0n) is 11.3. The lowest BCUT2D eigenvalue weighted by Gasteiger charge is -2.24. The third kappa shape index (κ3) is 6.46. The lowest BCUT2D eigenvalue weighted by atomic mass is 10.1. The molecule has 3 nitrogen and oxygen atoms in total. The Morgan fingerprint density at radius 3 is 2.62 bits per heavy atom. The molecule has 16 heavy (non-hydrogen) atoms. The van der Waals surface area contributed by atoms with Crippen molar-refractivity contribution < 1.29 is 0 Å². The zero-order chi connectivity index (χ0) is 11.8. The van der Waals surface area contributed by atoms with Crippen LogP contribution in [0.25, 0.3) is 0 Å². The molecule has 0 aromatic carbocycles. The largest absolute Gasteiger partial charge is 0.313 e. The van der Waals surface area contributed by atoms with Crippen LogP contribution >= 0.6 is 0 Å². The quantitative estimate of drug-likeness (QED) is 0.740. The normalized spacial score (nSPS) is 22.7. The van der Waals surface area contributed by atoms with Gasteiger partial charge in [-0.25, -0.2) is 0 Å². The van der Waals surface area contributed by atoms with E-state index in [1.165, 1.54) is 58.3 Å². The summed E-state index contributed by atoms with van der Waals surface area (Å²) in [6, 6.07) is 0.729. The average molecular weight is 227 g/mol. The maximum Gasteiger partial charge on any atom is 0.0194 e. The van der Waals surface area contributed by atoms with E-state index in [1.54, 1.807) is 0 Å². The minimum Gasteiger partial charge on any atom is -0.313 e. The summed E-state index contributed by atoms with van der Waals surface area (Å²) in [5.41, 5.74) is 0. The molecule has 0 bridgehead atoms. The van der Waals surface area contributed by atoms with Crippen molar-refractivity contribution in [2.24, 2.45) is 0 Å². The van der Waals surface area contributed by atoms with Gasteiger partial charge in [0.05, 0.1) is 0 Å². The molecule has 1 unspecified atom stereocenters. The second kappa shape index (κ2) is 8.04. The van der Waals surface area contributed by atoms with Crippen LogP contribution in [-0.2, 0) is 0 Å². The topological polar surface area (TPSA) is 18.5 Å². The van der Waals surface area contributed by atoms with Crippen molar-refractivity contribution >= 4 is 0 Å². The van der Waals surface area contributed by atoms with Crippen LogP contribution < -0.4 is 5.32 Å². The summed E-state index contributed by atoms with van der Waals surface area (Å²) < 4.78 is 0. The molecule has 0 saturated carbocycles. The molecule has 0 aliphatic carbocycles. The first-order valence-corrected chi connectivity index (χ1v) is 6.75. The van der Waals surface area contributed by atoms with Crippen molar-refractivity contribution in [1.82, 2.24) is 15.1 Å². The van der Waals surface area contributed by atoms with Crippen LogP contribution in [0.4, 0.5) is 0 Å². The molecule has 1 heterocycles. The predicted octanol–water partition coefficient (Wildman–Crippen LogP) is 1.40. The van der Waals surface area contributed by atoms with E-state index in [0.29, 0.717) is 0 Å². The van der Waals surface area contributed by atoms with Gasteiger partial charge in [-0.3, -0.25) is 0 Å². The van der Waals surface area contributed by atoms with Crippen LogP contribution in [0, 0.1) is 0 Å². The van der Waals surface area contributed by atoms with Crippen LogP contribution in [0.5, 0.6) is 0 Å². The Bertz CT molecular complexity index is 163. The Balaban J connectivity index is 2.09. The van der Waals surface area contributed by atoms with E-state index in [9.17, 15) is 0 Å². The van der Waals surface area contributed by atoms with Crippen molar-refractivity contribution in [2.45, 2.75) is 38.1 Å². The van der Waals surface area contributed by atoms with Gasteiger partial charge in [0.1, 0.15) is 0 Å². The lowest BCUT2D eigenvalue weighted by Crippen LogP contribution is -2.39. The summed E-state index contributed by atoms with van der Waals surface area (Å²) in [5.74, 6) is 0. The van der Waals surface area contributed by atoms with Crippen LogP contribution in [0.3, 0.4) is 0 Å². The molecular weight excluding hydrogens is 198 g/mol. The molecule has 1 aliphatic rings. The number of nitrogens with zero attached hydrogens (tertiary/aromatic N) is 2. The second-order valence-electron chi connectivity index (χ2n) is 5.42. The molecule has 1 atom stereocenters. The van der Waals surface area contributed by atoms with Gasteiger partial charge in [-0.2, -0.15) is 0 Å². The Kier molecular flexibility index (Phi) is 7.01. The number of rotatable bonds is 6. The van der Waals surface area contributed by atoms with Gasteiger partial charge >= 0.3 is 0 Å². The molecule has 0 aromatic rings. The average Bonchev–Trinajstić information content (AvgIpc) is 2.45. The van der Waals surface area contributed by atoms with Gasteiger partial charge in [0.25, 0.3) is 0 Å². The van der Waals surface area contributed by atoms with Gasteiger partial charge in [-0.1, -0.05) is 12.8 Å². The minimum atomic E-state index is 0.729. The first kappa shape index (κ1) is 13.9. The Morgan fingerprint density at radius 1 is 1.06 bits per heavy atom. The Labute approximate surface area is 101 Å². The summed E-state index contributed by atoms with van der Waals surface area (Å²) in [7, 11) is 6.54. The number of hydrogen-bond donors (Lipinski definition) is 1. The fourth-order valence-electron chi connectivity index (χ4n) is 2.38. The van der Waals surface area contributed by atoms with E-state index >= 15 is 0 Å². The highest BCUT2D eigenvalue weighted by atomic mass is 15.1. The second-order valence-corrected chi connectivity index (χ2v) is 5.42. The number of likely N-dealkylation sites (N-methyl/N-ethyl adjacent to an activating group) is 1. The van der Waals surface area contributed by atoms with Crippen molar-refractivity contribution in [3.05, 3.63) is 0 Å². The Hall–Kier alpha value is -0.120. The molecule has 0 radical (unpaired) electrons. The maximum absolute atomic E-state index is 3.66. The lowest BCUT2D eigenvalue weighted by molar-refractivity contribution is 0.267. The molecule has 3 heteroatoms. The highest BCUT2D eigenvalue weighted by molar-refractivity contribution is 4.73. The van der Waals surface area contributed by atoms with Crippen LogP contribution in [0.1, 0.15) is 32.1 Å². The van der Waals surface area contributed by atoms with Gasteiger partial charge in [0.15, 0.2) is 0 Å². The fraction of sp³-hybridized carbons (Fsp3) is 1.00. The molecule has 0 spiro atoms. The van der Waals surface area contributed by atoms with Gasteiger partial charge in [0.2, 0.25) is 0 Å². The van der Waals surface area contributed by atoms with Crippen LogP contribution in [-0.4, -0.2) is 63.2 Å². The third-order valence-corrected chi connectivity index (χ3v) is 3.34. The Morgan fingerprint density at radius 2 is 1.88 bits per heavy atom. The van der Waals surface area contributed by atoms with E-state index in [2.05, 4.69) is 36.3 Å². The molecule has 1 fully saturated rings. The summed E-state index contributed by atoms with van der Waals surface area (Å²) in [6.45, 7) is 4.85. The molecular formula is C13H29N3. The minimum absolute atomic E-state index is 0.729. The molecule has 96 valence electrons.